The summed E-state index contributed by atoms with van der Waals surface area (Å²) < 4.78 is 12.1. The van der Waals surface area contributed by atoms with Crippen LogP contribution in [0.3, 0.4) is 0 Å². The Hall–Kier alpha value is -1.88. The van der Waals surface area contributed by atoms with Crippen molar-refractivity contribution >= 4 is 33.0 Å². The lowest BCUT2D eigenvalue weighted by Gasteiger charge is -2.15. The monoisotopic (exact) mass is 350 g/mol. The second kappa shape index (κ2) is 7.22. The van der Waals surface area contributed by atoms with Crippen molar-refractivity contribution < 1.29 is 9.47 Å². The maximum absolute atomic E-state index is 5.76. The Morgan fingerprint density at radius 2 is 1.76 bits per heavy atom. The first-order valence-electron chi connectivity index (χ1n) is 6.85. The van der Waals surface area contributed by atoms with E-state index in [4.69, 9.17) is 15.2 Å². The van der Waals surface area contributed by atoms with Crippen molar-refractivity contribution in [2.45, 2.75) is 13.8 Å². The van der Waals surface area contributed by atoms with Crippen LogP contribution in [0, 0.1) is 0 Å². The molecule has 21 heavy (non-hydrogen) atoms. The van der Waals surface area contributed by atoms with E-state index >= 15 is 0 Å². The molecule has 0 aliphatic rings. The van der Waals surface area contributed by atoms with E-state index in [2.05, 4.69) is 21.2 Å². The van der Waals surface area contributed by atoms with Gasteiger partial charge in [0.15, 0.2) is 0 Å². The van der Waals surface area contributed by atoms with Gasteiger partial charge in [0.2, 0.25) is 0 Å². The van der Waals surface area contributed by atoms with Crippen molar-refractivity contribution in [3.8, 4) is 11.5 Å². The highest BCUT2D eigenvalue weighted by Crippen LogP contribution is 2.35. The van der Waals surface area contributed by atoms with Crippen LogP contribution in [-0.2, 0) is 0 Å². The Morgan fingerprint density at radius 3 is 2.43 bits per heavy atom. The van der Waals surface area contributed by atoms with E-state index in [0.29, 0.717) is 18.9 Å². The second-order valence-corrected chi connectivity index (χ2v) is 5.24. The summed E-state index contributed by atoms with van der Waals surface area (Å²) in [7, 11) is 0. The van der Waals surface area contributed by atoms with Gasteiger partial charge < -0.3 is 20.5 Å². The Morgan fingerprint density at radius 1 is 1.00 bits per heavy atom. The highest BCUT2D eigenvalue weighted by molar-refractivity contribution is 9.10. The number of hydrogen-bond acceptors (Lipinski definition) is 4. The molecule has 112 valence electrons. The van der Waals surface area contributed by atoms with Crippen LogP contribution < -0.4 is 20.5 Å². The van der Waals surface area contributed by atoms with Crippen LogP contribution in [0.4, 0.5) is 17.1 Å². The summed E-state index contributed by atoms with van der Waals surface area (Å²) in [5.74, 6) is 1.58. The van der Waals surface area contributed by atoms with Crippen molar-refractivity contribution in [3.63, 3.8) is 0 Å². The summed E-state index contributed by atoms with van der Waals surface area (Å²) in [4.78, 5) is 0. The van der Waals surface area contributed by atoms with Crippen LogP contribution in [0.15, 0.2) is 40.9 Å². The molecule has 0 saturated carbocycles. The lowest BCUT2D eigenvalue weighted by atomic mass is 10.2. The number of anilines is 3. The van der Waals surface area contributed by atoms with E-state index in [-0.39, 0.29) is 0 Å². The molecule has 0 aliphatic carbocycles. The molecule has 2 aromatic rings. The maximum Gasteiger partial charge on any atom is 0.142 e. The van der Waals surface area contributed by atoms with Crippen molar-refractivity contribution in [2.75, 3.05) is 24.3 Å². The van der Waals surface area contributed by atoms with Crippen molar-refractivity contribution in [2.24, 2.45) is 0 Å². The first-order chi connectivity index (χ1) is 10.1. The number of rotatable bonds is 6. The van der Waals surface area contributed by atoms with Crippen LogP contribution in [0.5, 0.6) is 11.5 Å². The zero-order chi connectivity index (χ0) is 15.2. The average molecular weight is 351 g/mol. The fourth-order valence-corrected chi connectivity index (χ4v) is 2.42. The number of halogens is 1. The first-order valence-corrected chi connectivity index (χ1v) is 7.65. The smallest absolute Gasteiger partial charge is 0.142 e. The molecule has 0 saturated heterocycles. The number of nitrogen functional groups attached to an aromatic ring is 1. The fraction of sp³-hybridized carbons (Fsp3) is 0.250. The lowest BCUT2D eigenvalue weighted by Crippen LogP contribution is -2.00. The van der Waals surface area contributed by atoms with Gasteiger partial charge in [0.05, 0.1) is 24.6 Å². The van der Waals surface area contributed by atoms with Gasteiger partial charge in [0.25, 0.3) is 0 Å². The predicted molar refractivity (Wildman–Crippen MR) is 90.6 cm³/mol. The number of benzene rings is 2. The van der Waals surface area contributed by atoms with Gasteiger partial charge in [0, 0.05) is 16.2 Å². The minimum Gasteiger partial charge on any atom is -0.494 e. The van der Waals surface area contributed by atoms with Gasteiger partial charge in [-0.25, -0.2) is 0 Å². The van der Waals surface area contributed by atoms with Gasteiger partial charge in [-0.1, -0.05) is 0 Å². The van der Waals surface area contributed by atoms with E-state index in [9.17, 15) is 0 Å². The molecule has 3 N–H and O–H groups in total. The number of nitrogens with one attached hydrogen (secondary N) is 1. The lowest BCUT2D eigenvalue weighted by molar-refractivity contribution is 0.332. The molecule has 0 bridgehead atoms. The summed E-state index contributed by atoms with van der Waals surface area (Å²) >= 11 is 3.50. The minimum atomic E-state index is 0.603. The average Bonchev–Trinajstić information content (AvgIpc) is 2.45. The van der Waals surface area contributed by atoms with Crippen LogP contribution in [-0.4, -0.2) is 13.2 Å². The van der Waals surface area contributed by atoms with Crippen molar-refractivity contribution in [1.82, 2.24) is 0 Å². The fourth-order valence-electron chi connectivity index (χ4n) is 1.92. The van der Waals surface area contributed by atoms with Crippen LogP contribution >= 0.6 is 15.9 Å². The molecular weight excluding hydrogens is 332 g/mol. The van der Waals surface area contributed by atoms with Gasteiger partial charge in [0.1, 0.15) is 11.5 Å². The van der Waals surface area contributed by atoms with E-state index in [1.54, 1.807) is 0 Å². The Kier molecular flexibility index (Phi) is 5.33. The Balaban J connectivity index is 2.33. The molecule has 0 unspecified atom stereocenters. The molecule has 0 radical (unpaired) electrons. The van der Waals surface area contributed by atoms with Crippen molar-refractivity contribution in [3.05, 3.63) is 40.9 Å². The third-order valence-electron chi connectivity index (χ3n) is 2.82. The number of ether oxygens (including phenoxy) is 2. The molecule has 2 aromatic carbocycles. The summed E-state index contributed by atoms with van der Waals surface area (Å²) in [6, 6.07) is 11.4. The van der Waals surface area contributed by atoms with E-state index in [1.165, 1.54) is 0 Å². The molecule has 0 heterocycles. The van der Waals surface area contributed by atoms with Gasteiger partial charge in [-0.05, 0) is 60.1 Å². The second-order valence-electron chi connectivity index (χ2n) is 4.39. The quantitative estimate of drug-likeness (QED) is 0.749. The Bertz CT molecular complexity index is 617. The van der Waals surface area contributed by atoms with Gasteiger partial charge >= 0.3 is 0 Å². The summed E-state index contributed by atoms with van der Waals surface area (Å²) in [5, 5.41) is 3.34. The molecule has 4 nitrogen and oxygen atoms in total. The molecule has 0 amide bonds. The predicted octanol–water partition coefficient (Wildman–Crippen LogP) is 4.57. The molecule has 0 aromatic heterocycles. The highest BCUT2D eigenvalue weighted by Gasteiger charge is 2.08. The molecule has 2 rings (SSSR count). The maximum atomic E-state index is 5.76. The zero-order valence-corrected chi connectivity index (χ0v) is 13.7. The van der Waals surface area contributed by atoms with Crippen LogP contribution in [0.25, 0.3) is 0 Å². The molecule has 0 atom stereocenters. The van der Waals surface area contributed by atoms with Crippen molar-refractivity contribution in [1.29, 1.82) is 0 Å². The van der Waals surface area contributed by atoms with E-state index in [0.717, 1.165) is 27.3 Å². The van der Waals surface area contributed by atoms with E-state index in [1.807, 2.05) is 50.2 Å². The SMILES string of the molecule is CCOc1ccc(OCC)c(Nc2ccc(N)cc2Br)c1. The molecule has 0 aliphatic heterocycles. The molecule has 0 fully saturated rings. The third kappa shape index (κ3) is 4.04. The topological polar surface area (TPSA) is 56.5 Å². The van der Waals surface area contributed by atoms with Gasteiger partial charge in [-0.15, -0.1) is 0 Å². The van der Waals surface area contributed by atoms with E-state index < -0.39 is 0 Å². The standard InChI is InChI=1S/C16H19BrN2O2/c1-3-20-12-6-8-16(21-4-2)15(10-12)19-14-7-5-11(18)9-13(14)17/h5-10,19H,3-4,18H2,1-2H3. The van der Waals surface area contributed by atoms with Gasteiger partial charge in [-0.3, -0.25) is 0 Å². The summed E-state index contributed by atoms with van der Waals surface area (Å²) in [6.45, 7) is 5.14. The number of hydrogen-bond donors (Lipinski definition) is 2. The minimum absolute atomic E-state index is 0.603. The first kappa shape index (κ1) is 15.5. The summed E-state index contributed by atoms with van der Waals surface area (Å²) in [5.41, 5.74) is 8.24. The molecular formula is C16H19BrN2O2. The zero-order valence-electron chi connectivity index (χ0n) is 12.2. The third-order valence-corrected chi connectivity index (χ3v) is 3.48. The highest BCUT2D eigenvalue weighted by atomic mass is 79.9. The normalized spacial score (nSPS) is 10.2. The molecule has 0 spiro atoms. The largest absolute Gasteiger partial charge is 0.494 e. The van der Waals surface area contributed by atoms with Gasteiger partial charge in [-0.2, -0.15) is 0 Å². The summed E-state index contributed by atoms with van der Waals surface area (Å²) in [6.07, 6.45) is 0. The molecule has 5 heteroatoms. The van der Waals surface area contributed by atoms with Crippen LogP contribution in [0.1, 0.15) is 13.8 Å². The van der Waals surface area contributed by atoms with Crippen LogP contribution in [0.2, 0.25) is 0 Å². The Labute approximate surface area is 133 Å². The number of nitrogens with two attached hydrogens (primary N) is 1.